The molecule has 2 heteroatoms. The first-order valence-corrected chi connectivity index (χ1v) is 9.61. The second kappa shape index (κ2) is 10.8. The van der Waals surface area contributed by atoms with Crippen molar-refractivity contribution in [1.82, 2.24) is 0 Å². The minimum Gasteiger partial charge on any atom is -0.126 e. The van der Waals surface area contributed by atoms with E-state index >= 15 is 0 Å². The van der Waals surface area contributed by atoms with Crippen molar-refractivity contribution >= 4 is 27.7 Å². The van der Waals surface area contributed by atoms with Gasteiger partial charge in [-0.25, -0.2) is 0 Å². The molecule has 0 spiro atoms. The number of thioether (sulfide) groups is 1. The van der Waals surface area contributed by atoms with Gasteiger partial charge < -0.3 is 0 Å². The number of hydrogen-bond acceptors (Lipinski definition) is 1. The average Bonchev–Trinajstić information content (AvgIpc) is 2.39. The summed E-state index contributed by atoms with van der Waals surface area (Å²) in [6.45, 7) is 4.39. The molecule has 0 saturated heterocycles. The molecule has 0 bridgehead atoms. The summed E-state index contributed by atoms with van der Waals surface area (Å²) in [5.41, 5.74) is 2.80. The Morgan fingerprint density at radius 3 is 2.16 bits per heavy atom. The molecule has 0 N–H and O–H groups in total. The summed E-state index contributed by atoms with van der Waals surface area (Å²) in [6, 6.07) is 6.78. The lowest BCUT2D eigenvalue weighted by molar-refractivity contribution is 0.606. The first kappa shape index (κ1) is 17.1. The molecule has 0 aliphatic rings. The fraction of sp³-hybridized carbons (Fsp3) is 0.647. The predicted octanol–water partition coefficient (Wildman–Crippen LogP) is 6.52. The van der Waals surface area contributed by atoms with Gasteiger partial charge in [0.05, 0.1) is 0 Å². The van der Waals surface area contributed by atoms with E-state index in [4.69, 9.17) is 0 Å². The molecule has 0 nitrogen and oxygen atoms in total. The number of rotatable bonds is 10. The standard InChI is InChI=1S/C17H27BrS/c1-15-10-11-17(16(2)14-15)19-13-9-7-5-3-4-6-8-12-18/h10-11,14H,3-9,12-13H2,1-2H3. The molecule has 0 radical (unpaired) electrons. The van der Waals surface area contributed by atoms with Gasteiger partial charge in [-0.1, -0.05) is 65.7 Å². The third kappa shape index (κ3) is 8.04. The van der Waals surface area contributed by atoms with Gasteiger partial charge in [0.1, 0.15) is 0 Å². The fourth-order valence-electron chi connectivity index (χ4n) is 2.22. The molecule has 0 aromatic heterocycles. The van der Waals surface area contributed by atoms with Gasteiger partial charge in [-0.05, 0) is 44.1 Å². The lowest BCUT2D eigenvalue weighted by Crippen LogP contribution is -1.86. The van der Waals surface area contributed by atoms with E-state index in [0.29, 0.717) is 0 Å². The summed E-state index contributed by atoms with van der Waals surface area (Å²) < 4.78 is 0. The highest BCUT2D eigenvalue weighted by Crippen LogP contribution is 2.24. The molecular weight excluding hydrogens is 316 g/mol. The predicted molar refractivity (Wildman–Crippen MR) is 92.8 cm³/mol. The quantitative estimate of drug-likeness (QED) is 0.265. The van der Waals surface area contributed by atoms with Crippen molar-refractivity contribution < 1.29 is 0 Å². The Bertz CT molecular complexity index is 349. The van der Waals surface area contributed by atoms with E-state index in [9.17, 15) is 0 Å². The highest BCUT2D eigenvalue weighted by molar-refractivity contribution is 9.09. The summed E-state index contributed by atoms with van der Waals surface area (Å²) in [5, 5.41) is 1.17. The van der Waals surface area contributed by atoms with Gasteiger partial charge in [-0.15, -0.1) is 11.8 Å². The van der Waals surface area contributed by atoms with Crippen LogP contribution in [0.15, 0.2) is 23.1 Å². The van der Waals surface area contributed by atoms with Gasteiger partial charge in [0.15, 0.2) is 0 Å². The van der Waals surface area contributed by atoms with Gasteiger partial charge in [0, 0.05) is 10.2 Å². The van der Waals surface area contributed by atoms with Crippen LogP contribution in [0.5, 0.6) is 0 Å². The molecular formula is C17H27BrS. The second-order valence-corrected chi connectivity index (χ2v) is 7.21. The normalized spacial score (nSPS) is 10.9. The zero-order chi connectivity index (χ0) is 13.9. The molecule has 0 saturated carbocycles. The molecule has 1 aromatic carbocycles. The molecule has 0 heterocycles. The minimum absolute atomic E-state index is 1.17. The number of unbranched alkanes of at least 4 members (excludes halogenated alkanes) is 6. The van der Waals surface area contributed by atoms with Crippen molar-refractivity contribution in [1.29, 1.82) is 0 Å². The highest BCUT2D eigenvalue weighted by Gasteiger charge is 1.99. The van der Waals surface area contributed by atoms with E-state index in [1.807, 2.05) is 11.8 Å². The Hall–Kier alpha value is 0.0500. The zero-order valence-electron chi connectivity index (χ0n) is 12.4. The van der Waals surface area contributed by atoms with Gasteiger partial charge in [0.25, 0.3) is 0 Å². The fourth-order valence-corrected chi connectivity index (χ4v) is 3.64. The molecule has 0 fully saturated rings. The lowest BCUT2D eigenvalue weighted by atomic mass is 10.1. The van der Waals surface area contributed by atoms with E-state index in [2.05, 4.69) is 48.0 Å². The first-order chi connectivity index (χ1) is 9.24. The summed E-state index contributed by atoms with van der Waals surface area (Å²) in [4.78, 5) is 1.46. The third-order valence-electron chi connectivity index (χ3n) is 3.37. The third-order valence-corrected chi connectivity index (χ3v) is 5.19. The summed E-state index contributed by atoms with van der Waals surface area (Å²) in [6.07, 6.45) is 9.72. The molecule has 0 aliphatic heterocycles. The first-order valence-electron chi connectivity index (χ1n) is 7.50. The SMILES string of the molecule is Cc1ccc(SCCCCCCCCCBr)c(C)c1. The van der Waals surface area contributed by atoms with Crippen molar-refractivity contribution in [3.8, 4) is 0 Å². The molecule has 108 valence electrons. The van der Waals surface area contributed by atoms with Crippen LogP contribution in [0.25, 0.3) is 0 Å². The number of benzene rings is 1. The molecule has 1 aromatic rings. The molecule has 0 atom stereocenters. The molecule has 19 heavy (non-hydrogen) atoms. The van der Waals surface area contributed by atoms with Gasteiger partial charge in [0.2, 0.25) is 0 Å². The van der Waals surface area contributed by atoms with Crippen molar-refractivity contribution in [2.45, 2.75) is 63.7 Å². The Kier molecular flexibility index (Phi) is 9.71. The average molecular weight is 343 g/mol. The smallest absolute Gasteiger partial charge is 0.0101 e. The van der Waals surface area contributed by atoms with Crippen LogP contribution in [0, 0.1) is 13.8 Å². The Morgan fingerprint density at radius 1 is 0.895 bits per heavy atom. The van der Waals surface area contributed by atoms with Crippen LogP contribution >= 0.6 is 27.7 Å². The van der Waals surface area contributed by atoms with E-state index in [0.717, 1.165) is 0 Å². The van der Waals surface area contributed by atoms with E-state index in [-0.39, 0.29) is 0 Å². The Labute approximate surface area is 131 Å². The maximum atomic E-state index is 3.48. The van der Waals surface area contributed by atoms with Gasteiger partial charge in [-0.2, -0.15) is 0 Å². The number of aryl methyl sites for hydroxylation is 2. The maximum Gasteiger partial charge on any atom is 0.0101 e. The molecule has 0 aliphatic carbocycles. The summed E-state index contributed by atoms with van der Waals surface area (Å²) >= 11 is 5.50. The Morgan fingerprint density at radius 2 is 1.53 bits per heavy atom. The van der Waals surface area contributed by atoms with Crippen molar-refractivity contribution in [3.05, 3.63) is 29.3 Å². The Balaban J connectivity index is 2.01. The highest BCUT2D eigenvalue weighted by atomic mass is 79.9. The van der Waals surface area contributed by atoms with Crippen molar-refractivity contribution in [2.75, 3.05) is 11.1 Å². The van der Waals surface area contributed by atoms with E-state index < -0.39 is 0 Å². The van der Waals surface area contributed by atoms with Crippen molar-refractivity contribution in [3.63, 3.8) is 0 Å². The monoisotopic (exact) mass is 342 g/mol. The van der Waals surface area contributed by atoms with Crippen LogP contribution in [0.1, 0.15) is 56.1 Å². The lowest BCUT2D eigenvalue weighted by Gasteiger charge is -2.06. The van der Waals surface area contributed by atoms with Crippen molar-refractivity contribution in [2.24, 2.45) is 0 Å². The molecule has 1 rings (SSSR count). The minimum atomic E-state index is 1.17. The summed E-state index contributed by atoms with van der Waals surface area (Å²) in [7, 11) is 0. The van der Waals surface area contributed by atoms with E-state index in [1.165, 1.54) is 72.1 Å². The van der Waals surface area contributed by atoms with Crippen LogP contribution in [0.3, 0.4) is 0 Å². The van der Waals surface area contributed by atoms with Crippen LogP contribution in [0.2, 0.25) is 0 Å². The van der Waals surface area contributed by atoms with Crippen LogP contribution in [-0.4, -0.2) is 11.1 Å². The number of hydrogen-bond donors (Lipinski definition) is 0. The summed E-state index contributed by atoms with van der Waals surface area (Å²) in [5.74, 6) is 1.27. The topological polar surface area (TPSA) is 0 Å². The van der Waals surface area contributed by atoms with E-state index in [1.54, 1.807) is 0 Å². The van der Waals surface area contributed by atoms with Crippen LogP contribution < -0.4 is 0 Å². The number of alkyl halides is 1. The second-order valence-electron chi connectivity index (χ2n) is 5.28. The van der Waals surface area contributed by atoms with Crippen LogP contribution in [-0.2, 0) is 0 Å². The van der Waals surface area contributed by atoms with Gasteiger partial charge in [-0.3, -0.25) is 0 Å². The zero-order valence-corrected chi connectivity index (χ0v) is 14.8. The maximum absolute atomic E-state index is 3.48. The largest absolute Gasteiger partial charge is 0.126 e. The van der Waals surface area contributed by atoms with Gasteiger partial charge >= 0.3 is 0 Å². The van der Waals surface area contributed by atoms with Crippen LogP contribution in [0.4, 0.5) is 0 Å². The molecule has 0 amide bonds. The molecule has 0 unspecified atom stereocenters. The number of halogens is 1.